The van der Waals surface area contributed by atoms with E-state index in [1.165, 1.54) is 0 Å². The van der Waals surface area contributed by atoms with Crippen LogP contribution in [0, 0.1) is 0 Å². The minimum atomic E-state index is -0.134. The molecule has 7 nitrogen and oxygen atoms in total. The molecule has 128 valence electrons. The molecule has 0 spiro atoms. The number of ether oxygens (including phenoxy) is 2. The molecule has 1 saturated heterocycles. The van der Waals surface area contributed by atoms with Crippen LogP contribution in [0.25, 0.3) is 0 Å². The summed E-state index contributed by atoms with van der Waals surface area (Å²) in [6, 6.07) is 5.90. The van der Waals surface area contributed by atoms with Crippen molar-refractivity contribution in [2.75, 3.05) is 32.2 Å². The Morgan fingerprint density at radius 2 is 1.96 bits per heavy atom. The molecule has 1 amide bonds. The SMILES string of the molecule is COc1cc(OC)cc(N2CCC(NC(=O)c3cn(C)cn3)C2)c1. The van der Waals surface area contributed by atoms with Gasteiger partial charge >= 0.3 is 0 Å². The number of methoxy groups -OCH3 is 2. The summed E-state index contributed by atoms with van der Waals surface area (Å²) in [6.07, 6.45) is 4.23. The maximum atomic E-state index is 12.2. The Bertz CT molecular complexity index is 706. The first-order valence-corrected chi connectivity index (χ1v) is 7.86. The number of nitrogens with one attached hydrogen (secondary N) is 1. The van der Waals surface area contributed by atoms with Crippen LogP contribution >= 0.6 is 0 Å². The van der Waals surface area contributed by atoms with Crippen LogP contribution in [0.4, 0.5) is 5.69 Å². The Labute approximate surface area is 141 Å². The van der Waals surface area contributed by atoms with Crippen molar-refractivity contribution in [1.29, 1.82) is 0 Å². The zero-order valence-corrected chi connectivity index (χ0v) is 14.2. The van der Waals surface area contributed by atoms with Gasteiger partial charge in [-0.1, -0.05) is 0 Å². The van der Waals surface area contributed by atoms with Crippen LogP contribution in [-0.2, 0) is 7.05 Å². The fourth-order valence-corrected chi connectivity index (χ4v) is 2.88. The number of hydrogen-bond acceptors (Lipinski definition) is 5. The number of benzene rings is 1. The van der Waals surface area contributed by atoms with E-state index >= 15 is 0 Å². The van der Waals surface area contributed by atoms with Gasteiger partial charge in [-0.25, -0.2) is 4.98 Å². The molecule has 0 saturated carbocycles. The zero-order valence-electron chi connectivity index (χ0n) is 14.2. The number of carbonyl (C=O) groups is 1. The van der Waals surface area contributed by atoms with Crippen molar-refractivity contribution in [2.45, 2.75) is 12.5 Å². The lowest BCUT2D eigenvalue weighted by atomic mass is 10.2. The summed E-state index contributed by atoms with van der Waals surface area (Å²) in [5.74, 6) is 1.38. The number of carbonyl (C=O) groups excluding carboxylic acids is 1. The third kappa shape index (κ3) is 3.45. The zero-order chi connectivity index (χ0) is 17.1. The van der Waals surface area contributed by atoms with Crippen molar-refractivity contribution in [2.24, 2.45) is 7.05 Å². The molecule has 3 rings (SSSR count). The number of amides is 1. The fourth-order valence-electron chi connectivity index (χ4n) is 2.88. The molecule has 2 aromatic rings. The van der Waals surface area contributed by atoms with E-state index in [4.69, 9.17) is 9.47 Å². The third-order valence-corrected chi connectivity index (χ3v) is 4.16. The van der Waals surface area contributed by atoms with Crippen LogP contribution in [0.15, 0.2) is 30.7 Å². The highest BCUT2D eigenvalue weighted by Gasteiger charge is 2.25. The molecule has 1 fully saturated rings. The van der Waals surface area contributed by atoms with Gasteiger partial charge in [-0.05, 0) is 6.42 Å². The lowest BCUT2D eigenvalue weighted by Crippen LogP contribution is -2.37. The molecule has 1 aliphatic rings. The highest BCUT2D eigenvalue weighted by molar-refractivity contribution is 5.92. The molecule has 2 heterocycles. The van der Waals surface area contributed by atoms with Gasteiger partial charge in [0.05, 0.1) is 20.5 Å². The van der Waals surface area contributed by atoms with Crippen LogP contribution in [0.2, 0.25) is 0 Å². The molecule has 7 heteroatoms. The van der Waals surface area contributed by atoms with Crippen LogP contribution in [0.1, 0.15) is 16.9 Å². The van der Waals surface area contributed by atoms with Gasteiger partial charge in [-0.15, -0.1) is 0 Å². The van der Waals surface area contributed by atoms with E-state index in [1.54, 1.807) is 31.3 Å². The predicted molar refractivity (Wildman–Crippen MR) is 90.8 cm³/mol. The summed E-state index contributed by atoms with van der Waals surface area (Å²) in [4.78, 5) is 18.5. The molecule has 0 radical (unpaired) electrons. The lowest BCUT2D eigenvalue weighted by molar-refractivity contribution is 0.0935. The molecular formula is C17H22N4O3. The van der Waals surface area contributed by atoms with E-state index in [-0.39, 0.29) is 11.9 Å². The third-order valence-electron chi connectivity index (χ3n) is 4.16. The van der Waals surface area contributed by atoms with Gasteiger partial charge in [0.25, 0.3) is 5.91 Å². The topological polar surface area (TPSA) is 68.6 Å². The summed E-state index contributed by atoms with van der Waals surface area (Å²) < 4.78 is 12.4. The Balaban J connectivity index is 1.66. The minimum Gasteiger partial charge on any atom is -0.497 e. The van der Waals surface area contributed by atoms with Gasteiger partial charge in [-0.2, -0.15) is 0 Å². The average molecular weight is 330 g/mol. The molecule has 0 aliphatic carbocycles. The van der Waals surface area contributed by atoms with E-state index in [0.717, 1.165) is 36.7 Å². The molecule has 1 aromatic carbocycles. The number of hydrogen-bond donors (Lipinski definition) is 1. The number of nitrogens with zero attached hydrogens (tertiary/aromatic N) is 3. The first-order valence-electron chi connectivity index (χ1n) is 7.86. The van der Waals surface area contributed by atoms with E-state index in [0.29, 0.717) is 5.69 Å². The quantitative estimate of drug-likeness (QED) is 0.898. The van der Waals surface area contributed by atoms with Crippen molar-refractivity contribution in [1.82, 2.24) is 14.9 Å². The van der Waals surface area contributed by atoms with Gasteiger partial charge < -0.3 is 24.3 Å². The maximum Gasteiger partial charge on any atom is 0.271 e. The van der Waals surface area contributed by atoms with Gasteiger partial charge in [0.15, 0.2) is 0 Å². The summed E-state index contributed by atoms with van der Waals surface area (Å²) in [5.41, 5.74) is 1.47. The van der Waals surface area contributed by atoms with E-state index in [1.807, 2.05) is 25.2 Å². The summed E-state index contributed by atoms with van der Waals surface area (Å²) >= 11 is 0. The number of aromatic nitrogens is 2. The highest BCUT2D eigenvalue weighted by atomic mass is 16.5. The molecule has 1 aliphatic heterocycles. The molecule has 0 bridgehead atoms. The summed E-state index contributed by atoms with van der Waals surface area (Å²) in [6.45, 7) is 1.61. The maximum absolute atomic E-state index is 12.2. The molecular weight excluding hydrogens is 308 g/mol. The van der Waals surface area contributed by atoms with E-state index in [2.05, 4.69) is 15.2 Å². The monoisotopic (exact) mass is 330 g/mol. The van der Waals surface area contributed by atoms with E-state index in [9.17, 15) is 4.79 Å². The van der Waals surface area contributed by atoms with Crippen LogP contribution in [0.3, 0.4) is 0 Å². The van der Waals surface area contributed by atoms with Crippen molar-refractivity contribution in [3.8, 4) is 11.5 Å². The Kier molecular flexibility index (Phi) is 4.59. The van der Waals surface area contributed by atoms with Gasteiger partial charge in [0.2, 0.25) is 0 Å². The van der Waals surface area contributed by atoms with Crippen molar-refractivity contribution in [3.05, 3.63) is 36.4 Å². The molecule has 1 N–H and O–H groups in total. The lowest BCUT2D eigenvalue weighted by Gasteiger charge is -2.20. The fraction of sp³-hybridized carbons (Fsp3) is 0.412. The average Bonchev–Trinajstić information content (AvgIpc) is 3.23. The predicted octanol–water partition coefficient (Wildman–Crippen LogP) is 1.45. The standard InChI is InChI=1S/C17H22N4O3/c1-20-10-16(18-11-20)17(22)19-12-4-5-21(9-12)13-6-14(23-2)8-15(7-13)24-3/h6-8,10-12H,4-5,9H2,1-3H3,(H,19,22). The molecule has 24 heavy (non-hydrogen) atoms. The Hall–Kier alpha value is -2.70. The largest absolute Gasteiger partial charge is 0.497 e. The van der Waals surface area contributed by atoms with E-state index < -0.39 is 0 Å². The summed E-state index contributed by atoms with van der Waals surface area (Å²) in [7, 11) is 5.12. The number of aryl methyl sites for hydroxylation is 1. The molecule has 1 atom stereocenters. The highest BCUT2D eigenvalue weighted by Crippen LogP contribution is 2.30. The first kappa shape index (κ1) is 16.2. The van der Waals surface area contributed by atoms with Crippen LogP contribution in [-0.4, -0.2) is 48.8 Å². The number of imidazole rings is 1. The number of rotatable bonds is 5. The van der Waals surface area contributed by atoms with Crippen molar-refractivity contribution >= 4 is 11.6 Å². The first-order chi connectivity index (χ1) is 11.6. The second-order valence-electron chi connectivity index (χ2n) is 5.90. The number of anilines is 1. The second kappa shape index (κ2) is 6.82. The molecule has 1 unspecified atom stereocenters. The second-order valence-corrected chi connectivity index (χ2v) is 5.90. The Morgan fingerprint density at radius 3 is 2.54 bits per heavy atom. The Morgan fingerprint density at radius 1 is 1.25 bits per heavy atom. The summed E-state index contributed by atoms with van der Waals surface area (Å²) in [5, 5.41) is 3.05. The van der Waals surface area contributed by atoms with Crippen molar-refractivity contribution < 1.29 is 14.3 Å². The van der Waals surface area contributed by atoms with Crippen LogP contribution in [0.5, 0.6) is 11.5 Å². The smallest absolute Gasteiger partial charge is 0.271 e. The molecule has 1 aromatic heterocycles. The minimum absolute atomic E-state index is 0.0942. The van der Waals surface area contributed by atoms with Crippen molar-refractivity contribution in [3.63, 3.8) is 0 Å². The van der Waals surface area contributed by atoms with Gasteiger partial charge in [0.1, 0.15) is 17.2 Å². The van der Waals surface area contributed by atoms with Gasteiger partial charge in [0, 0.05) is 56.3 Å². The van der Waals surface area contributed by atoms with Crippen LogP contribution < -0.4 is 19.7 Å². The normalized spacial score (nSPS) is 17.0. The van der Waals surface area contributed by atoms with Gasteiger partial charge in [-0.3, -0.25) is 4.79 Å².